The maximum absolute atomic E-state index is 12.0. The van der Waals surface area contributed by atoms with Crippen LogP contribution in [0.1, 0.15) is 73.6 Å². The van der Waals surface area contributed by atoms with Gasteiger partial charge >= 0.3 is 0 Å². The van der Waals surface area contributed by atoms with Crippen molar-refractivity contribution in [2.45, 2.75) is 79.8 Å². The highest BCUT2D eigenvalue weighted by atomic mass is 16.3. The summed E-state index contributed by atoms with van der Waals surface area (Å²) >= 11 is 0. The van der Waals surface area contributed by atoms with Crippen LogP contribution in [0.5, 0.6) is 0 Å². The molecule has 0 saturated carbocycles. The van der Waals surface area contributed by atoms with Crippen LogP contribution in [0.2, 0.25) is 0 Å². The predicted molar refractivity (Wildman–Crippen MR) is 95.9 cm³/mol. The standard InChI is InChI=1S/C20H34O2/c1-15(2)9-7-11-17(5)13-19(21)20(22)14-18(6)12-8-10-16(3)4/h9-10,13,18-19,21H,7-8,11-12,14H2,1-6H3/b17-13+. The lowest BCUT2D eigenvalue weighted by molar-refractivity contribution is -0.125. The molecule has 1 N–H and O–H groups in total. The van der Waals surface area contributed by atoms with Gasteiger partial charge in [-0.25, -0.2) is 0 Å². The average molecular weight is 306 g/mol. The number of allylic oxidation sites excluding steroid dienone is 5. The molecule has 0 aliphatic carbocycles. The van der Waals surface area contributed by atoms with Gasteiger partial charge in [0.05, 0.1) is 0 Å². The van der Waals surface area contributed by atoms with Crippen molar-refractivity contribution in [2.24, 2.45) is 5.92 Å². The molecule has 0 aliphatic heterocycles. The quantitative estimate of drug-likeness (QED) is 0.550. The largest absolute Gasteiger partial charge is 0.381 e. The Labute approximate surface area is 137 Å². The molecule has 0 bridgehead atoms. The molecule has 2 atom stereocenters. The molecule has 0 radical (unpaired) electrons. The van der Waals surface area contributed by atoms with Crippen molar-refractivity contribution >= 4 is 5.78 Å². The van der Waals surface area contributed by atoms with Crippen LogP contribution in [0.25, 0.3) is 0 Å². The molecule has 0 aromatic heterocycles. The van der Waals surface area contributed by atoms with E-state index < -0.39 is 6.10 Å². The summed E-state index contributed by atoms with van der Waals surface area (Å²) in [4.78, 5) is 12.0. The second-order valence-electron chi connectivity index (χ2n) is 6.91. The highest BCUT2D eigenvalue weighted by Crippen LogP contribution is 2.15. The van der Waals surface area contributed by atoms with Crippen molar-refractivity contribution in [1.82, 2.24) is 0 Å². The van der Waals surface area contributed by atoms with Crippen LogP contribution in [0.4, 0.5) is 0 Å². The van der Waals surface area contributed by atoms with Gasteiger partial charge in [0, 0.05) is 6.42 Å². The normalized spacial score (nSPS) is 14.2. The van der Waals surface area contributed by atoms with E-state index in [1.165, 1.54) is 11.1 Å². The van der Waals surface area contributed by atoms with Gasteiger partial charge in [-0.05, 0) is 72.3 Å². The summed E-state index contributed by atoms with van der Waals surface area (Å²) in [5, 5.41) is 10.0. The fourth-order valence-electron chi connectivity index (χ4n) is 2.26. The SMILES string of the molecule is CC(C)=CCC/C(C)=C/C(O)C(=O)CC(C)CCC=C(C)C. The monoisotopic (exact) mass is 306 g/mol. The van der Waals surface area contributed by atoms with E-state index in [1.54, 1.807) is 6.08 Å². The Balaban J connectivity index is 4.24. The maximum Gasteiger partial charge on any atom is 0.165 e. The fourth-order valence-corrected chi connectivity index (χ4v) is 2.26. The van der Waals surface area contributed by atoms with Gasteiger partial charge in [-0.2, -0.15) is 0 Å². The third kappa shape index (κ3) is 11.5. The summed E-state index contributed by atoms with van der Waals surface area (Å²) in [5.74, 6) is 0.253. The number of carbonyl (C=O) groups is 1. The molecule has 2 heteroatoms. The van der Waals surface area contributed by atoms with Gasteiger partial charge in [-0.15, -0.1) is 0 Å². The Morgan fingerprint density at radius 2 is 1.55 bits per heavy atom. The zero-order chi connectivity index (χ0) is 17.1. The zero-order valence-electron chi connectivity index (χ0n) is 15.3. The first-order valence-electron chi connectivity index (χ1n) is 8.37. The van der Waals surface area contributed by atoms with E-state index in [0.29, 0.717) is 12.3 Å². The van der Waals surface area contributed by atoms with E-state index in [-0.39, 0.29) is 5.78 Å². The number of hydrogen-bond acceptors (Lipinski definition) is 2. The Hall–Kier alpha value is -1.15. The number of carbonyl (C=O) groups excluding carboxylic acids is 1. The summed E-state index contributed by atoms with van der Waals surface area (Å²) in [7, 11) is 0. The molecule has 0 aromatic carbocycles. The van der Waals surface area contributed by atoms with Gasteiger partial charge in [-0.1, -0.05) is 35.8 Å². The number of Topliss-reactive ketones (excluding diaryl/α,β-unsaturated/α-hetero) is 1. The Morgan fingerprint density at radius 3 is 2.09 bits per heavy atom. The van der Waals surface area contributed by atoms with Crippen molar-refractivity contribution in [3.8, 4) is 0 Å². The molecule has 126 valence electrons. The minimum atomic E-state index is -0.947. The number of hydrogen-bond donors (Lipinski definition) is 1. The van der Waals surface area contributed by atoms with Crippen molar-refractivity contribution < 1.29 is 9.90 Å². The lowest BCUT2D eigenvalue weighted by Gasteiger charge is -2.12. The van der Waals surface area contributed by atoms with Gasteiger partial charge in [0.15, 0.2) is 5.78 Å². The number of aliphatic hydroxyl groups excluding tert-OH is 1. The van der Waals surface area contributed by atoms with E-state index in [4.69, 9.17) is 0 Å². The molecule has 0 heterocycles. The molecular weight excluding hydrogens is 272 g/mol. The Bertz CT molecular complexity index is 419. The second kappa shape index (κ2) is 11.4. The van der Waals surface area contributed by atoms with Crippen LogP contribution >= 0.6 is 0 Å². The summed E-state index contributed by atoms with van der Waals surface area (Å²) in [6.45, 7) is 12.4. The first-order chi connectivity index (χ1) is 10.2. The van der Waals surface area contributed by atoms with E-state index in [9.17, 15) is 9.90 Å². The third-order valence-corrected chi connectivity index (χ3v) is 3.63. The van der Waals surface area contributed by atoms with Crippen LogP contribution < -0.4 is 0 Å². The van der Waals surface area contributed by atoms with E-state index in [2.05, 4.69) is 46.8 Å². The minimum absolute atomic E-state index is 0.0636. The lowest BCUT2D eigenvalue weighted by Crippen LogP contribution is -2.20. The van der Waals surface area contributed by atoms with Crippen molar-refractivity contribution in [3.05, 3.63) is 34.9 Å². The lowest BCUT2D eigenvalue weighted by atomic mass is 9.95. The van der Waals surface area contributed by atoms with Crippen LogP contribution in [-0.2, 0) is 4.79 Å². The predicted octanol–water partition coefficient (Wildman–Crippen LogP) is 5.38. The van der Waals surface area contributed by atoms with Gasteiger partial charge in [0.2, 0.25) is 0 Å². The van der Waals surface area contributed by atoms with E-state index >= 15 is 0 Å². The van der Waals surface area contributed by atoms with Gasteiger partial charge in [-0.3, -0.25) is 4.79 Å². The molecule has 0 rings (SSSR count). The number of aliphatic hydroxyl groups is 1. The van der Waals surface area contributed by atoms with E-state index in [1.807, 2.05) is 6.92 Å². The molecular formula is C20H34O2. The Kier molecular flexibility index (Phi) is 10.8. The van der Waals surface area contributed by atoms with Gasteiger partial charge < -0.3 is 5.11 Å². The number of rotatable bonds is 10. The van der Waals surface area contributed by atoms with E-state index in [0.717, 1.165) is 31.3 Å². The zero-order valence-corrected chi connectivity index (χ0v) is 15.3. The summed E-state index contributed by atoms with van der Waals surface area (Å²) in [6, 6.07) is 0. The molecule has 22 heavy (non-hydrogen) atoms. The van der Waals surface area contributed by atoms with Crippen LogP contribution in [0.15, 0.2) is 34.9 Å². The molecule has 0 aromatic rings. The Morgan fingerprint density at radius 1 is 1.00 bits per heavy atom. The van der Waals surface area contributed by atoms with Gasteiger partial charge in [0.25, 0.3) is 0 Å². The topological polar surface area (TPSA) is 37.3 Å². The van der Waals surface area contributed by atoms with Crippen molar-refractivity contribution in [1.29, 1.82) is 0 Å². The van der Waals surface area contributed by atoms with Gasteiger partial charge in [0.1, 0.15) is 6.10 Å². The summed E-state index contributed by atoms with van der Waals surface area (Å²) in [6.07, 6.45) is 9.45. The molecule has 2 unspecified atom stereocenters. The summed E-state index contributed by atoms with van der Waals surface area (Å²) in [5.41, 5.74) is 3.69. The van der Waals surface area contributed by atoms with Crippen LogP contribution in [-0.4, -0.2) is 17.0 Å². The molecule has 0 amide bonds. The molecule has 0 fully saturated rings. The first-order valence-corrected chi connectivity index (χ1v) is 8.37. The average Bonchev–Trinajstić information content (AvgIpc) is 2.37. The molecule has 2 nitrogen and oxygen atoms in total. The fraction of sp³-hybridized carbons (Fsp3) is 0.650. The smallest absolute Gasteiger partial charge is 0.165 e. The minimum Gasteiger partial charge on any atom is -0.381 e. The number of ketones is 1. The summed E-state index contributed by atoms with van der Waals surface area (Å²) < 4.78 is 0. The third-order valence-electron chi connectivity index (χ3n) is 3.63. The van der Waals surface area contributed by atoms with Crippen molar-refractivity contribution in [3.63, 3.8) is 0 Å². The molecule has 0 spiro atoms. The molecule has 0 aliphatic rings. The van der Waals surface area contributed by atoms with Crippen LogP contribution in [0.3, 0.4) is 0 Å². The highest BCUT2D eigenvalue weighted by molar-refractivity contribution is 5.84. The van der Waals surface area contributed by atoms with Crippen LogP contribution in [0, 0.1) is 5.92 Å². The van der Waals surface area contributed by atoms with Crippen molar-refractivity contribution in [2.75, 3.05) is 0 Å². The first kappa shape index (κ1) is 20.9. The highest BCUT2D eigenvalue weighted by Gasteiger charge is 2.15. The maximum atomic E-state index is 12.0. The second-order valence-corrected chi connectivity index (χ2v) is 6.91. The molecule has 0 saturated heterocycles.